The van der Waals surface area contributed by atoms with Crippen molar-refractivity contribution in [1.82, 2.24) is 10.3 Å². The van der Waals surface area contributed by atoms with Crippen LogP contribution in [0.1, 0.15) is 30.5 Å². The fourth-order valence-corrected chi connectivity index (χ4v) is 1.95. The second kappa shape index (κ2) is 7.43. The SMILES string of the molecule is Cc1ccc(OCCC(=O)N[C@H](C)c2ccncc2)cc1. The lowest BCUT2D eigenvalue weighted by molar-refractivity contribution is -0.122. The van der Waals surface area contributed by atoms with Crippen molar-refractivity contribution in [2.75, 3.05) is 6.61 Å². The summed E-state index contributed by atoms with van der Waals surface area (Å²) in [5, 5.41) is 2.94. The fraction of sp³-hybridized carbons (Fsp3) is 0.294. The van der Waals surface area contributed by atoms with Crippen LogP contribution in [0, 0.1) is 6.92 Å². The molecule has 0 spiro atoms. The Bertz CT molecular complexity index is 567. The highest BCUT2D eigenvalue weighted by Gasteiger charge is 2.09. The zero-order chi connectivity index (χ0) is 15.1. The first-order valence-corrected chi connectivity index (χ1v) is 7.04. The largest absolute Gasteiger partial charge is 0.493 e. The number of hydrogen-bond donors (Lipinski definition) is 1. The zero-order valence-corrected chi connectivity index (χ0v) is 12.4. The number of rotatable bonds is 6. The van der Waals surface area contributed by atoms with Crippen LogP contribution < -0.4 is 10.1 Å². The summed E-state index contributed by atoms with van der Waals surface area (Å²) in [6, 6.07) is 11.6. The van der Waals surface area contributed by atoms with Gasteiger partial charge in [-0.15, -0.1) is 0 Å². The molecule has 0 saturated carbocycles. The van der Waals surface area contributed by atoms with Crippen molar-refractivity contribution in [1.29, 1.82) is 0 Å². The van der Waals surface area contributed by atoms with Crippen molar-refractivity contribution in [3.05, 3.63) is 59.9 Å². The second-order valence-corrected chi connectivity index (χ2v) is 4.98. The van der Waals surface area contributed by atoms with Crippen LogP contribution in [-0.4, -0.2) is 17.5 Å². The van der Waals surface area contributed by atoms with E-state index < -0.39 is 0 Å². The fourth-order valence-electron chi connectivity index (χ4n) is 1.95. The van der Waals surface area contributed by atoms with Crippen LogP contribution in [0.2, 0.25) is 0 Å². The molecule has 0 saturated heterocycles. The summed E-state index contributed by atoms with van der Waals surface area (Å²) in [5.41, 5.74) is 2.23. The molecule has 1 heterocycles. The molecular formula is C17H20N2O2. The number of nitrogens with zero attached hydrogens (tertiary/aromatic N) is 1. The monoisotopic (exact) mass is 284 g/mol. The zero-order valence-electron chi connectivity index (χ0n) is 12.4. The smallest absolute Gasteiger partial charge is 0.223 e. The Balaban J connectivity index is 1.73. The van der Waals surface area contributed by atoms with Gasteiger partial charge in [0.15, 0.2) is 0 Å². The Kier molecular flexibility index (Phi) is 5.32. The molecule has 1 atom stereocenters. The first-order valence-electron chi connectivity index (χ1n) is 7.04. The number of carbonyl (C=O) groups is 1. The summed E-state index contributed by atoms with van der Waals surface area (Å²) in [6.45, 7) is 4.35. The molecule has 2 rings (SSSR count). The molecule has 110 valence electrons. The number of carbonyl (C=O) groups excluding carboxylic acids is 1. The van der Waals surface area contributed by atoms with Gasteiger partial charge in [-0.05, 0) is 43.7 Å². The molecule has 1 amide bonds. The first-order chi connectivity index (χ1) is 10.1. The normalized spacial score (nSPS) is 11.7. The van der Waals surface area contributed by atoms with E-state index in [0.29, 0.717) is 13.0 Å². The van der Waals surface area contributed by atoms with Gasteiger partial charge in [0.1, 0.15) is 5.75 Å². The number of nitrogens with one attached hydrogen (secondary N) is 1. The van der Waals surface area contributed by atoms with Crippen LogP contribution in [0.3, 0.4) is 0 Å². The van der Waals surface area contributed by atoms with Crippen LogP contribution in [0.5, 0.6) is 5.75 Å². The predicted octanol–water partition coefficient (Wildman–Crippen LogP) is 3.04. The van der Waals surface area contributed by atoms with E-state index in [1.807, 2.05) is 50.2 Å². The summed E-state index contributed by atoms with van der Waals surface area (Å²) < 4.78 is 5.55. The van der Waals surface area contributed by atoms with Crippen LogP contribution in [0.4, 0.5) is 0 Å². The van der Waals surface area contributed by atoms with E-state index in [1.54, 1.807) is 12.4 Å². The van der Waals surface area contributed by atoms with Crippen molar-refractivity contribution in [3.8, 4) is 5.75 Å². The molecule has 21 heavy (non-hydrogen) atoms. The summed E-state index contributed by atoms with van der Waals surface area (Å²) in [5.74, 6) is 0.766. The molecular weight excluding hydrogens is 264 g/mol. The summed E-state index contributed by atoms with van der Waals surface area (Å²) in [4.78, 5) is 15.8. The molecule has 2 aromatic rings. The van der Waals surface area contributed by atoms with Gasteiger partial charge in [-0.3, -0.25) is 9.78 Å². The lowest BCUT2D eigenvalue weighted by Crippen LogP contribution is -2.27. The molecule has 1 aromatic carbocycles. The maximum atomic E-state index is 11.9. The van der Waals surface area contributed by atoms with Crippen molar-refractivity contribution in [2.24, 2.45) is 0 Å². The Morgan fingerprint density at radius 1 is 1.19 bits per heavy atom. The molecule has 0 aliphatic rings. The number of amides is 1. The van der Waals surface area contributed by atoms with E-state index in [4.69, 9.17) is 4.74 Å². The molecule has 4 heteroatoms. The third-order valence-corrected chi connectivity index (χ3v) is 3.20. The van der Waals surface area contributed by atoms with Gasteiger partial charge >= 0.3 is 0 Å². The molecule has 1 N–H and O–H groups in total. The summed E-state index contributed by atoms with van der Waals surface area (Å²) in [7, 11) is 0. The number of pyridine rings is 1. The third-order valence-electron chi connectivity index (χ3n) is 3.20. The predicted molar refractivity (Wildman–Crippen MR) is 82.1 cm³/mol. The quantitative estimate of drug-likeness (QED) is 0.887. The Hall–Kier alpha value is -2.36. The average molecular weight is 284 g/mol. The van der Waals surface area contributed by atoms with Crippen LogP contribution in [0.15, 0.2) is 48.8 Å². The van der Waals surface area contributed by atoms with Gasteiger partial charge in [0.05, 0.1) is 19.1 Å². The highest BCUT2D eigenvalue weighted by molar-refractivity contribution is 5.76. The highest BCUT2D eigenvalue weighted by atomic mass is 16.5. The Morgan fingerprint density at radius 3 is 2.52 bits per heavy atom. The third kappa shape index (κ3) is 4.91. The molecule has 0 aliphatic carbocycles. The minimum absolute atomic E-state index is 0.0218. The van der Waals surface area contributed by atoms with Crippen molar-refractivity contribution >= 4 is 5.91 Å². The van der Waals surface area contributed by atoms with E-state index in [-0.39, 0.29) is 11.9 Å². The standard InChI is InChI=1S/C17H20N2O2/c1-13-3-5-16(6-4-13)21-12-9-17(20)19-14(2)15-7-10-18-11-8-15/h3-8,10-11,14H,9,12H2,1-2H3,(H,19,20)/t14-/m1/s1. The minimum atomic E-state index is -0.0279. The van der Waals surface area contributed by atoms with Gasteiger partial charge < -0.3 is 10.1 Å². The van der Waals surface area contributed by atoms with Crippen LogP contribution >= 0.6 is 0 Å². The first kappa shape index (κ1) is 15.0. The van der Waals surface area contributed by atoms with Crippen LogP contribution in [-0.2, 0) is 4.79 Å². The summed E-state index contributed by atoms with van der Waals surface area (Å²) in [6.07, 6.45) is 3.78. The molecule has 0 fully saturated rings. The van der Waals surface area contributed by atoms with E-state index in [2.05, 4.69) is 10.3 Å². The molecule has 4 nitrogen and oxygen atoms in total. The van der Waals surface area contributed by atoms with Gasteiger partial charge in [0.2, 0.25) is 5.91 Å². The van der Waals surface area contributed by atoms with Gasteiger partial charge in [-0.1, -0.05) is 17.7 Å². The van der Waals surface area contributed by atoms with Crippen LogP contribution in [0.25, 0.3) is 0 Å². The second-order valence-electron chi connectivity index (χ2n) is 4.98. The van der Waals surface area contributed by atoms with E-state index in [0.717, 1.165) is 11.3 Å². The number of aryl methyl sites for hydroxylation is 1. The summed E-state index contributed by atoms with van der Waals surface area (Å²) >= 11 is 0. The molecule has 0 bridgehead atoms. The molecule has 0 unspecified atom stereocenters. The Morgan fingerprint density at radius 2 is 1.86 bits per heavy atom. The highest BCUT2D eigenvalue weighted by Crippen LogP contribution is 2.12. The maximum Gasteiger partial charge on any atom is 0.223 e. The maximum absolute atomic E-state index is 11.9. The average Bonchev–Trinajstić information content (AvgIpc) is 2.50. The molecule has 0 radical (unpaired) electrons. The van der Waals surface area contributed by atoms with Gasteiger partial charge in [-0.2, -0.15) is 0 Å². The lowest BCUT2D eigenvalue weighted by atomic mass is 10.1. The van der Waals surface area contributed by atoms with E-state index in [1.165, 1.54) is 5.56 Å². The minimum Gasteiger partial charge on any atom is -0.493 e. The molecule has 0 aliphatic heterocycles. The van der Waals surface area contributed by atoms with Gasteiger partial charge in [0.25, 0.3) is 0 Å². The number of ether oxygens (including phenoxy) is 1. The van der Waals surface area contributed by atoms with Gasteiger partial charge in [0, 0.05) is 12.4 Å². The van der Waals surface area contributed by atoms with E-state index in [9.17, 15) is 4.79 Å². The lowest BCUT2D eigenvalue weighted by Gasteiger charge is -2.14. The van der Waals surface area contributed by atoms with Gasteiger partial charge in [-0.25, -0.2) is 0 Å². The van der Waals surface area contributed by atoms with Crippen molar-refractivity contribution < 1.29 is 9.53 Å². The number of benzene rings is 1. The molecule has 1 aromatic heterocycles. The van der Waals surface area contributed by atoms with Crippen molar-refractivity contribution in [3.63, 3.8) is 0 Å². The van der Waals surface area contributed by atoms with Crippen molar-refractivity contribution in [2.45, 2.75) is 26.3 Å². The topological polar surface area (TPSA) is 51.2 Å². The Labute approximate surface area is 125 Å². The number of aromatic nitrogens is 1. The van der Waals surface area contributed by atoms with E-state index >= 15 is 0 Å². The number of hydrogen-bond acceptors (Lipinski definition) is 3.